The Balaban J connectivity index is 2.11. The van der Waals surface area contributed by atoms with Crippen molar-refractivity contribution in [3.8, 4) is 0 Å². The molecular weight excluding hydrogens is 328 g/mol. The van der Waals surface area contributed by atoms with Crippen LogP contribution in [0.4, 0.5) is 5.82 Å². The van der Waals surface area contributed by atoms with Crippen LogP contribution < -0.4 is 10.8 Å². The number of rotatable bonds is 4. The van der Waals surface area contributed by atoms with Crippen LogP contribution in [0.2, 0.25) is 0 Å². The maximum absolute atomic E-state index is 12.6. The molecule has 3 rings (SSSR count). The van der Waals surface area contributed by atoms with Gasteiger partial charge in [0.15, 0.2) is 0 Å². The molecule has 0 aliphatic heterocycles. The number of nitrogens with one attached hydrogen (secondary N) is 2. The highest BCUT2D eigenvalue weighted by molar-refractivity contribution is 6.11. The van der Waals surface area contributed by atoms with E-state index in [1.807, 2.05) is 30.7 Å². The number of allylic oxidation sites excluding steroid dienone is 5. The van der Waals surface area contributed by atoms with Crippen molar-refractivity contribution in [1.82, 2.24) is 15.0 Å². The third kappa shape index (κ3) is 3.04. The molecule has 2 aromatic heterocycles. The normalized spacial score (nSPS) is 18.7. The second kappa shape index (κ2) is 7.17. The van der Waals surface area contributed by atoms with Crippen molar-refractivity contribution < 1.29 is 9.63 Å². The molecule has 2 N–H and O–H groups in total. The van der Waals surface area contributed by atoms with Crippen molar-refractivity contribution >= 4 is 22.8 Å². The molecule has 1 aliphatic carbocycles. The predicted octanol–water partition coefficient (Wildman–Crippen LogP) is 3.70. The Labute approximate surface area is 153 Å². The number of aromatic nitrogens is 2. The van der Waals surface area contributed by atoms with E-state index < -0.39 is 0 Å². The summed E-state index contributed by atoms with van der Waals surface area (Å²) in [6.45, 7) is 6.26. The average Bonchev–Trinajstić information content (AvgIpc) is 2.90. The van der Waals surface area contributed by atoms with Crippen LogP contribution in [0.25, 0.3) is 11.0 Å². The summed E-state index contributed by atoms with van der Waals surface area (Å²) < 4.78 is 1.89. The average molecular weight is 352 g/mol. The quantitative estimate of drug-likeness (QED) is 0.823. The number of hydroxylamine groups is 1. The molecule has 6 heteroatoms. The largest absolute Gasteiger partial charge is 0.341 e. The van der Waals surface area contributed by atoms with Gasteiger partial charge in [0.05, 0.1) is 12.7 Å². The van der Waals surface area contributed by atoms with Crippen molar-refractivity contribution in [1.29, 1.82) is 0 Å². The van der Waals surface area contributed by atoms with Crippen LogP contribution in [0.5, 0.6) is 0 Å². The van der Waals surface area contributed by atoms with Crippen molar-refractivity contribution in [3.63, 3.8) is 0 Å². The van der Waals surface area contributed by atoms with Gasteiger partial charge in [-0.1, -0.05) is 25.2 Å². The molecule has 2 aromatic rings. The van der Waals surface area contributed by atoms with Crippen molar-refractivity contribution in [2.24, 2.45) is 13.0 Å². The molecule has 136 valence electrons. The van der Waals surface area contributed by atoms with E-state index in [2.05, 4.69) is 47.9 Å². The standard InChI is InChI=1S/C20H24N4O2/c1-6-14-10-13(3)16(11-12(14)2)22-19-17(20(25)23-26-5)15-8-7-9-21-18(15)24(19)4/h6-12,22H,1-5H3,(H,23,25)/b14-6-. The van der Waals surface area contributed by atoms with Crippen LogP contribution in [0, 0.1) is 5.92 Å². The zero-order chi connectivity index (χ0) is 18.8. The fourth-order valence-electron chi connectivity index (χ4n) is 3.33. The molecule has 0 saturated heterocycles. The van der Waals surface area contributed by atoms with Gasteiger partial charge in [-0.05, 0) is 37.1 Å². The van der Waals surface area contributed by atoms with E-state index in [4.69, 9.17) is 4.84 Å². The summed E-state index contributed by atoms with van der Waals surface area (Å²) in [6.07, 6.45) is 8.19. The lowest BCUT2D eigenvalue weighted by atomic mass is 9.91. The molecule has 0 saturated carbocycles. The van der Waals surface area contributed by atoms with E-state index in [9.17, 15) is 4.79 Å². The number of hydrogen-bond donors (Lipinski definition) is 2. The fraction of sp³-hybridized carbons (Fsp3) is 0.300. The van der Waals surface area contributed by atoms with Crippen LogP contribution in [-0.2, 0) is 11.9 Å². The van der Waals surface area contributed by atoms with Crippen molar-refractivity contribution in [3.05, 3.63) is 59.0 Å². The molecule has 1 atom stereocenters. The predicted molar refractivity (Wildman–Crippen MR) is 104 cm³/mol. The smallest absolute Gasteiger partial charge is 0.279 e. The minimum Gasteiger partial charge on any atom is -0.341 e. The summed E-state index contributed by atoms with van der Waals surface area (Å²) in [4.78, 5) is 21.9. The first-order valence-corrected chi connectivity index (χ1v) is 8.58. The molecule has 6 nitrogen and oxygen atoms in total. The summed E-state index contributed by atoms with van der Waals surface area (Å²) in [5.41, 5.74) is 7.05. The Morgan fingerprint density at radius 1 is 1.42 bits per heavy atom. The minimum atomic E-state index is -0.311. The molecule has 0 radical (unpaired) electrons. The highest BCUT2D eigenvalue weighted by Crippen LogP contribution is 2.32. The van der Waals surface area contributed by atoms with Gasteiger partial charge in [0, 0.05) is 30.2 Å². The number of anilines is 1. The third-order valence-electron chi connectivity index (χ3n) is 4.70. The van der Waals surface area contributed by atoms with Crippen LogP contribution in [0.15, 0.2) is 53.4 Å². The highest BCUT2D eigenvalue weighted by atomic mass is 16.6. The van der Waals surface area contributed by atoms with E-state index >= 15 is 0 Å². The first-order chi connectivity index (χ1) is 12.5. The van der Waals surface area contributed by atoms with Crippen LogP contribution in [0.3, 0.4) is 0 Å². The topological polar surface area (TPSA) is 68.2 Å². The Hall–Kier alpha value is -2.86. The molecule has 26 heavy (non-hydrogen) atoms. The number of amides is 1. The molecule has 1 unspecified atom stereocenters. The highest BCUT2D eigenvalue weighted by Gasteiger charge is 2.24. The summed E-state index contributed by atoms with van der Waals surface area (Å²) in [6, 6.07) is 3.71. The summed E-state index contributed by atoms with van der Waals surface area (Å²) in [5.74, 6) is 0.674. The number of carbonyl (C=O) groups excluding carboxylic acids is 1. The van der Waals surface area contributed by atoms with Gasteiger partial charge in [0.1, 0.15) is 11.5 Å². The Morgan fingerprint density at radius 2 is 2.19 bits per heavy atom. The van der Waals surface area contributed by atoms with Crippen molar-refractivity contribution in [2.45, 2.75) is 20.8 Å². The zero-order valence-electron chi connectivity index (χ0n) is 15.8. The fourth-order valence-corrected chi connectivity index (χ4v) is 3.33. The van der Waals surface area contributed by atoms with Gasteiger partial charge in [-0.3, -0.25) is 9.63 Å². The Kier molecular flexibility index (Phi) is 4.95. The number of aryl methyl sites for hydroxylation is 1. The van der Waals surface area contributed by atoms with E-state index in [0.29, 0.717) is 17.3 Å². The monoisotopic (exact) mass is 352 g/mol. The third-order valence-corrected chi connectivity index (χ3v) is 4.70. The van der Waals surface area contributed by atoms with Gasteiger partial charge in [0.2, 0.25) is 0 Å². The minimum absolute atomic E-state index is 0.301. The number of pyridine rings is 1. The van der Waals surface area contributed by atoms with Crippen molar-refractivity contribution in [2.75, 3.05) is 12.4 Å². The van der Waals surface area contributed by atoms with Gasteiger partial charge in [-0.2, -0.15) is 0 Å². The van der Waals surface area contributed by atoms with E-state index in [0.717, 1.165) is 22.3 Å². The van der Waals surface area contributed by atoms with Gasteiger partial charge in [-0.25, -0.2) is 10.5 Å². The summed E-state index contributed by atoms with van der Waals surface area (Å²) >= 11 is 0. The second-order valence-electron chi connectivity index (χ2n) is 6.40. The first kappa shape index (κ1) is 17.9. The van der Waals surface area contributed by atoms with Gasteiger partial charge in [-0.15, -0.1) is 0 Å². The number of carbonyl (C=O) groups is 1. The first-order valence-electron chi connectivity index (χ1n) is 8.58. The maximum atomic E-state index is 12.6. The molecule has 0 spiro atoms. The van der Waals surface area contributed by atoms with Gasteiger partial charge in [0.25, 0.3) is 5.91 Å². The molecule has 0 aromatic carbocycles. The number of fused-ring (bicyclic) bond motifs is 1. The van der Waals surface area contributed by atoms with E-state index in [-0.39, 0.29) is 5.91 Å². The molecule has 1 aliphatic rings. The van der Waals surface area contributed by atoms with E-state index in [1.165, 1.54) is 12.7 Å². The van der Waals surface area contributed by atoms with Crippen LogP contribution in [0.1, 0.15) is 31.1 Å². The second-order valence-corrected chi connectivity index (χ2v) is 6.40. The molecule has 1 amide bonds. The maximum Gasteiger partial charge on any atom is 0.279 e. The lowest BCUT2D eigenvalue weighted by molar-refractivity contribution is 0.0540. The summed E-state index contributed by atoms with van der Waals surface area (Å²) in [5, 5.41) is 4.21. The molecular formula is C20H24N4O2. The molecule has 0 bridgehead atoms. The molecule has 0 fully saturated rings. The number of nitrogens with zero attached hydrogens (tertiary/aromatic N) is 2. The van der Waals surface area contributed by atoms with E-state index in [1.54, 1.807) is 6.20 Å². The Morgan fingerprint density at radius 3 is 2.88 bits per heavy atom. The lowest BCUT2D eigenvalue weighted by Crippen LogP contribution is -2.23. The lowest BCUT2D eigenvalue weighted by Gasteiger charge is -2.22. The Bertz CT molecular complexity index is 950. The van der Waals surface area contributed by atoms with Gasteiger partial charge >= 0.3 is 0 Å². The van der Waals surface area contributed by atoms with Crippen LogP contribution >= 0.6 is 0 Å². The SMILES string of the molecule is C/C=C1/C=C(C)C(Nc2c(C(=O)NOC)c3cccnc3n2C)=CC1C. The van der Waals surface area contributed by atoms with Crippen LogP contribution in [-0.4, -0.2) is 22.6 Å². The molecule has 2 heterocycles. The van der Waals surface area contributed by atoms with Gasteiger partial charge < -0.3 is 9.88 Å². The number of hydrogen-bond acceptors (Lipinski definition) is 4. The summed E-state index contributed by atoms with van der Waals surface area (Å²) in [7, 11) is 3.32. The zero-order valence-corrected chi connectivity index (χ0v) is 15.8.